The number of aromatic nitrogens is 2. The number of aryl methyl sites for hydroxylation is 1. The lowest BCUT2D eigenvalue weighted by Gasteiger charge is -2.31. The molecule has 1 aliphatic heterocycles. The molecule has 1 saturated heterocycles. The molecule has 2 aromatic carbocycles. The summed E-state index contributed by atoms with van der Waals surface area (Å²) >= 11 is 6.60. The van der Waals surface area contributed by atoms with Crippen molar-refractivity contribution in [3.05, 3.63) is 104 Å². The molecule has 2 aliphatic rings. The average Bonchev–Trinajstić information content (AvgIpc) is 3.47. The number of ether oxygens (including phenoxy) is 1. The van der Waals surface area contributed by atoms with Gasteiger partial charge in [-0.1, -0.05) is 41.9 Å². The minimum Gasteiger partial charge on any atom is -0.378 e. The van der Waals surface area contributed by atoms with Crippen LogP contribution in [-0.2, 0) is 4.74 Å². The maximum absolute atomic E-state index is 11.2. The molecule has 1 aliphatic carbocycles. The number of rotatable bonds is 7. The minimum absolute atomic E-state index is 0.0786. The first-order valence-corrected chi connectivity index (χ1v) is 12.8. The lowest BCUT2D eigenvalue weighted by molar-refractivity contribution is -0.384. The third kappa shape index (κ3) is 5.58. The van der Waals surface area contributed by atoms with E-state index >= 15 is 0 Å². The van der Waals surface area contributed by atoms with E-state index in [1.807, 2.05) is 49.4 Å². The van der Waals surface area contributed by atoms with E-state index in [-0.39, 0.29) is 10.6 Å². The number of hydrogen-bond donors (Lipinski definition) is 0. The summed E-state index contributed by atoms with van der Waals surface area (Å²) in [7, 11) is 0. The maximum Gasteiger partial charge on any atom is 0.270 e. The van der Waals surface area contributed by atoms with Crippen LogP contribution in [0, 0.1) is 17.0 Å². The third-order valence-electron chi connectivity index (χ3n) is 6.54. The predicted octanol–water partition coefficient (Wildman–Crippen LogP) is 5.61. The minimum atomic E-state index is -0.372. The molecule has 2 heterocycles. The van der Waals surface area contributed by atoms with E-state index < -0.39 is 0 Å². The van der Waals surface area contributed by atoms with E-state index in [9.17, 15) is 10.1 Å². The Kier molecular flexibility index (Phi) is 7.76. The molecule has 3 aromatic rings. The summed E-state index contributed by atoms with van der Waals surface area (Å²) in [5.74, 6) is 0. The number of morpholine rings is 1. The number of nitro benzene ring substituents is 1. The summed E-state index contributed by atoms with van der Waals surface area (Å²) < 4.78 is 7.24. The Labute approximate surface area is 225 Å². The van der Waals surface area contributed by atoms with Crippen molar-refractivity contribution in [1.82, 2.24) is 14.7 Å². The molecule has 0 bridgehead atoms. The first kappa shape index (κ1) is 25.6. The molecule has 0 saturated carbocycles. The van der Waals surface area contributed by atoms with Crippen LogP contribution in [0.5, 0.6) is 0 Å². The Morgan fingerprint density at radius 1 is 1.05 bits per heavy atom. The van der Waals surface area contributed by atoms with Gasteiger partial charge >= 0.3 is 0 Å². The summed E-state index contributed by atoms with van der Waals surface area (Å²) in [6, 6.07) is 16.4. The van der Waals surface area contributed by atoms with Crippen LogP contribution in [-0.4, -0.2) is 58.3 Å². The van der Waals surface area contributed by atoms with E-state index in [1.165, 1.54) is 6.07 Å². The van der Waals surface area contributed by atoms with Gasteiger partial charge in [-0.15, -0.1) is 0 Å². The number of para-hydroxylation sites is 1. The summed E-state index contributed by atoms with van der Waals surface area (Å²) in [5, 5.41) is 24.9. The summed E-state index contributed by atoms with van der Waals surface area (Å²) in [5.41, 5.74) is 6.53. The van der Waals surface area contributed by atoms with Gasteiger partial charge in [-0.25, -0.2) is 4.68 Å². The Bertz CT molecular complexity index is 1450. The van der Waals surface area contributed by atoms with Gasteiger partial charge in [0.1, 0.15) is 5.15 Å². The van der Waals surface area contributed by atoms with Crippen LogP contribution in [0.1, 0.15) is 29.7 Å². The second kappa shape index (κ2) is 11.5. The Morgan fingerprint density at radius 3 is 2.58 bits per heavy atom. The highest BCUT2D eigenvalue weighted by atomic mass is 35.5. The highest BCUT2D eigenvalue weighted by molar-refractivity contribution is 6.32. The summed E-state index contributed by atoms with van der Waals surface area (Å²) in [4.78, 5) is 13.2. The fourth-order valence-electron chi connectivity index (χ4n) is 4.69. The average molecular weight is 531 g/mol. The quantitative estimate of drug-likeness (QED) is 0.224. The van der Waals surface area contributed by atoms with Crippen LogP contribution in [0.2, 0.25) is 5.15 Å². The molecule has 9 nitrogen and oxygen atoms in total. The second-order valence-electron chi connectivity index (χ2n) is 9.02. The summed E-state index contributed by atoms with van der Waals surface area (Å²) in [6.07, 6.45) is 7.07. The first-order chi connectivity index (χ1) is 18.5. The molecule has 0 N–H and O–H groups in total. The molecule has 1 aromatic heterocycles. The van der Waals surface area contributed by atoms with Gasteiger partial charge in [0.25, 0.3) is 5.69 Å². The molecule has 10 heteroatoms. The molecular formula is C28H27ClN6O3. The zero-order chi connectivity index (χ0) is 26.5. The van der Waals surface area contributed by atoms with Crippen molar-refractivity contribution in [3.8, 4) is 5.69 Å². The Hall–Kier alpha value is -4.08. The Balaban J connectivity index is 1.42. The van der Waals surface area contributed by atoms with Crippen molar-refractivity contribution in [2.75, 3.05) is 26.3 Å². The maximum atomic E-state index is 11.2. The molecule has 5 rings (SSSR count). The monoisotopic (exact) mass is 530 g/mol. The molecule has 38 heavy (non-hydrogen) atoms. The van der Waals surface area contributed by atoms with Gasteiger partial charge in [-0.3, -0.25) is 10.1 Å². The smallest absolute Gasteiger partial charge is 0.270 e. The van der Waals surface area contributed by atoms with Gasteiger partial charge in [0.2, 0.25) is 0 Å². The number of benzene rings is 2. The number of nitro groups is 1. The number of nitrogens with zero attached hydrogens (tertiary/aromatic N) is 6. The van der Waals surface area contributed by atoms with Gasteiger partial charge in [0.05, 0.1) is 47.5 Å². The van der Waals surface area contributed by atoms with Crippen molar-refractivity contribution < 1.29 is 9.66 Å². The molecule has 1 fully saturated rings. The van der Waals surface area contributed by atoms with E-state index in [0.717, 1.165) is 59.7 Å². The fourth-order valence-corrected chi connectivity index (χ4v) is 5.01. The van der Waals surface area contributed by atoms with Crippen LogP contribution in [0.15, 0.2) is 81.6 Å². The normalized spacial score (nSPS) is 17.4. The highest BCUT2D eigenvalue weighted by Gasteiger charge is 2.25. The largest absolute Gasteiger partial charge is 0.378 e. The molecule has 0 amide bonds. The Morgan fingerprint density at radius 2 is 1.82 bits per heavy atom. The molecule has 0 atom stereocenters. The van der Waals surface area contributed by atoms with Gasteiger partial charge in [0.15, 0.2) is 0 Å². The van der Waals surface area contributed by atoms with Crippen LogP contribution in [0.3, 0.4) is 0 Å². The van der Waals surface area contributed by atoms with Gasteiger partial charge < -0.3 is 9.64 Å². The van der Waals surface area contributed by atoms with Crippen molar-refractivity contribution in [2.24, 2.45) is 10.2 Å². The molecule has 0 spiro atoms. The van der Waals surface area contributed by atoms with Gasteiger partial charge in [-0.2, -0.15) is 15.3 Å². The number of allylic oxidation sites excluding steroid dienone is 2. The topological polar surface area (TPSA) is 98.2 Å². The van der Waals surface area contributed by atoms with Gasteiger partial charge in [0, 0.05) is 30.9 Å². The molecular weight excluding hydrogens is 504 g/mol. The van der Waals surface area contributed by atoms with E-state index in [2.05, 4.69) is 20.2 Å². The van der Waals surface area contributed by atoms with E-state index in [1.54, 1.807) is 29.2 Å². The van der Waals surface area contributed by atoms with E-state index in [0.29, 0.717) is 23.9 Å². The van der Waals surface area contributed by atoms with Crippen molar-refractivity contribution in [1.29, 1.82) is 0 Å². The fraction of sp³-hybridized carbons (Fsp3) is 0.250. The standard InChI is InChI=1S/C28H27ClN6O3/c1-20-26(28(29)34(32-20)24-7-3-2-4-8-24)19-31-30-18-23-11-10-22(27(23)33-12-14-38-15-13-33)16-21-6-5-9-25(17-21)35(36)37/h2-9,16-19H,10-15H2,1H3/b22-16-,30-18?,31-19?. The molecule has 0 unspecified atom stereocenters. The highest BCUT2D eigenvalue weighted by Crippen LogP contribution is 2.35. The lowest BCUT2D eigenvalue weighted by Crippen LogP contribution is -2.36. The third-order valence-corrected chi connectivity index (χ3v) is 6.90. The van der Waals surface area contributed by atoms with Crippen LogP contribution in [0.4, 0.5) is 5.69 Å². The zero-order valence-electron chi connectivity index (χ0n) is 21.0. The van der Waals surface area contributed by atoms with Crippen molar-refractivity contribution >= 4 is 35.8 Å². The predicted molar refractivity (Wildman–Crippen MR) is 149 cm³/mol. The number of non-ortho nitro benzene ring substituents is 1. The van der Waals surface area contributed by atoms with Gasteiger partial charge in [-0.05, 0) is 54.7 Å². The zero-order valence-corrected chi connectivity index (χ0v) is 21.7. The molecule has 0 radical (unpaired) electrons. The van der Waals surface area contributed by atoms with Crippen molar-refractivity contribution in [3.63, 3.8) is 0 Å². The van der Waals surface area contributed by atoms with Crippen LogP contribution < -0.4 is 0 Å². The SMILES string of the molecule is Cc1nn(-c2ccccc2)c(Cl)c1C=NN=CC1=C(N2CCOCC2)/C(=C\c2cccc([N+](=O)[O-])c2)CC1. The van der Waals surface area contributed by atoms with Crippen molar-refractivity contribution in [2.45, 2.75) is 19.8 Å². The van der Waals surface area contributed by atoms with Crippen LogP contribution >= 0.6 is 11.6 Å². The second-order valence-corrected chi connectivity index (χ2v) is 9.38. The first-order valence-electron chi connectivity index (χ1n) is 12.4. The van der Waals surface area contributed by atoms with E-state index in [4.69, 9.17) is 16.3 Å². The lowest BCUT2D eigenvalue weighted by atomic mass is 10.1. The number of halogens is 1. The molecule has 194 valence electrons. The number of hydrogen-bond acceptors (Lipinski definition) is 7. The van der Waals surface area contributed by atoms with Crippen LogP contribution in [0.25, 0.3) is 11.8 Å². The summed E-state index contributed by atoms with van der Waals surface area (Å²) in [6.45, 7) is 4.74.